The zero-order chi connectivity index (χ0) is 22.1. The third-order valence-electron chi connectivity index (χ3n) is 5.75. The highest BCUT2D eigenvalue weighted by atomic mass is 16.7. The van der Waals surface area contributed by atoms with Crippen LogP contribution in [0.25, 0.3) is 11.4 Å². The molecule has 1 saturated heterocycles. The molecule has 32 heavy (non-hydrogen) atoms. The first-order valence-corrected chi connectivity index (χ1v) is 10.4. The minimum absolute atomic E-state index is 0.0818. The van der Waals surface area contributed by atoms with Crippen LogP contribution in [0.2, 0.25) is 0 Å². The van der Waals surface area contributed by atoms with E-state index in [-0.39, 0.29) is 18.6 Å². The van der Waals surface area contributed by atoms with Gasteiger partial charge < -0.3 is 28.4 Å². The van der Waals surface area contributed by atoms with Crippen LogP contribution in [0, 0.1) is 0 Å². The van der Waals surface area contributed by atoms with Crippen molar-refractivity contribution in [2.24, 2.45) is 0 Å². The van der Waals surface area contributed by atoms with E-state index in [2.05, 4.69) is 10.1 Å². The van der Waals surface area contributed by atoms with Crippen molar-refractivity contribution in [3.05, 3.63) is 47.9 Å². The minimum Gasteiger partial charge on any atom is -0.493 e. The Balaban J connectivity index is 1.23. The van der Waals surface area contributed by atoms with Crippen molar-refractivity contribution in [2.75, 3.05) is 34.1 Å². The van der Waals surface area contributed by atoms with Crippen molar-refractivity contribution in [3.63, 3.8) is 0 Å². The Morgan fingerprint density at radius 3 is 2.75 bits per heavy atom. The first-order valence-electron chi connectivity index (χ1n) is 10.4. The van der Waals surface area contributed by atoms with Gasteiger partial charge in [0, 0.05) is 25.1 Å². The van der Waals surface area contributed by atoms with Gasteiger partial charge in [-0.2, -0.15) is 4.98 Å². The molecule has 3 heterocycles. The summed E-state index contributed by atoms with van der Waals surface area (Å²) in [6.07, 6.45) is 1.07. The highest BCUT2D eigenvalue weighted by Crippen LogP contribution is 2.36. The fourth-order valence-electron chi connectivity index (χ4n) is 4.01. The molecule has 0 aliphatic carbocycles. The van der Waals surface area contributed by atoms with Gasteiger partial charge in [-0.15, -0.1) is 0 Å². The molecular formula is C23H23N3O6. The van der Waals surface area contributed by atoms with Crippen LogP contribution in [0.1, 0.15) is 23.8 Å². The molecule has 166 valence electrons. The summed E-state index contributed by atoms with van der Waals surface area (Å²) in [6, 6.07) is 11.3. The number of benzene rings is 2. The molecule has 9 heteroatoms. The molecule has 3 aromatic rings. The number of carbonyl (C=O) groups excluding carboxylic acids is 1. The standard InChI is InChI=1S/C23H23N3O6/c1-28-17-5-3-14(9-19(17)29-2)7-8-26-12-16(11-21(26)27)23-24-22(25-32-23)15-4-6-18-20(10-15)31-13-30-18/h3-6,9-10,16H,7-8,11-13H2,1-2H3. The first-order chi connectivity index (χ1) is 15.6. The van der Waals surface area contributed by atoms with E-state index in [9.17, 15) is 4.79 Å². The predicted molar refractivity (Wildman–Crippen MR) is 113 cm³/mol. The van der Waals surface area contributed by atoms with Crippen LogP contribution in [0.5, 0.6) is 23.0 Å². The van der Waals surface area contributed by atoms with Crippen LogP contribution in [-0.2, 0) is 11.2 Å². The molecule has 1 atom stereocenters. The van der Waals surface area contributed by atoms with E-state index >= 15 is 0 Å². The largest absolute Gasteiger partial charge is 0.493 e. The van der Waals surface area contributed by atoms with E-state index in [0.29, 0.717) is 60.6 Å². The number of hydrogen-bond acceptors (Lipinski definition) is 8. The van der Waals surface area contributed by atoms with Crippen LogP contribution in [0.3, 0.4) is 0 Å². The van der Waals surface area contributed by atoms with Crippen molar-refractivity contribution >= 4 is 5.91 Å². The second-order valence-corrected chi connectivity index (χ2v) is 7.70. The van der Waals surface area contributed by atoms with Gasteiger partial charge in [0.05, 0.1) is 20.1 Å². The second kappa shape index (κ2) is 8.41. The van der Waals surface area contributed by atoms with Gasteiger partial charge in [-0.3, -0.25) is 4.79 Å². The van der Waals surface area contributed by atoms with Gasteiger partial charge in [-0.1, -0.05) is 11.2 Å². The summed E-state index contributed by atoms with van der Waals surface area (Å²) in [7, 11) is 3.22. The SMILES string of the molecule is COc1ccc(CCN2CC(c3nc(-c4ccc5c(c4)OCO5)no3)CC2=O)cc1OC. The summed E-state index contributed by atoms with van der Waals surface area (Å²) in [5.41, 5.74) is 1.85. The molecule has 9 nitrogen and oxygen atoms in total. The molecule has 0 spiro atoms. The summed E-state index contributed by atoms with van der Waals surface area (Å²) in [5, 5.41) is 4.10. The fourth-order valence-corrected chi connectivity index (χ4v) is 4.01. The molecule has 0 saturated carbocycles. The lowest BCUT2D eigenvalue weighted by Gasteiger charge is -2.16. The Morgan fingerprint density at radius 2 is 1.91 bits per heavy atom. The maximum Gasteiger partial charge on any atom is 0.232 e. The maximum atomic E-state index is 12.6. The number of carbonyl (C=O) groups is 1. The molecule has 2 aromatic carbocycles. The Bertz CT molecular complexity index is 1140. The van der Waals surface area contributed by atoms with Gasteiger partial charge in [-0.05, 0) is 42.3 Å². The zero-order valence-corrected chi connectivity index (χ0v) is 17.9. The van der Waals surface area contributed by atoms with Crippen LogP contribution in [0.4, 0.5) is 0 Å². The molecule has 5 rings (SSSR count). The van der Waals surface area contributed by atoms with E-state index in [4.69, 9.17) is 23.5 Å². The van der Waals surface area contributed by atoms with Crippen molar-refractivity contribution in [1.82, 2.24) is 15.0 Å². The van der Waals surface area contributed by atoms with Crippen molar-refractivity contribution < 1.29 is 28.3 Å². The zero-order valence-electron chi connectivity index (χ0n) is 17.9. The maximum absolute atomic E-state index is 12.6. The first kappa shape index (κ1) is 20.2. The van der Waals surface area contributed by atoms with E-state index in [0.717, 1.165) is 11.1 Å². The van der Waals surface area contributed by atoms with Crippen molar-refractivity contribution in [1.29, 1.82) is 0 Å². The van der Waals surface area contributed by atoms with Crippen LogP contribution >= 0.6 is 0 Å². The molecule has 0 N–H and O–H groups in total. The molecule has 1 fully saturated rings. The fraction of sp³-hybridized carbons (Fsp3) is 0.348. The van der Waals surface area contributed by atoms with E-state index in [1.807, 2.05) is 41.3 Å². The number of hydrogen-bond donors (Lipinski definition) is 0. The number of nitrogens with zero attached hydrogens (tertiary/aromatic N) is 3. The number of rotatable bonds is 7. The predicted octanol–water partition coefficient (Wildman–Crippen LogP) is 3.04. The van der Waals surface area contributed by atoms with Crippen LogP contribution < -0.4 is 18.9 Å². The van der Waals surface area contributed by atoms with Crippen LogP contribution in [-0.4, -0.2) is 55.0 Å². The lowest BCUT2D eigenvalue weighted by molar-refractivity contribution is -0.127. The Labute approximate surface area is 184 Å². The number of methoxy groups -OCH3 is 2. The number of aromatic nitrogens is 2. The molecule has 1 amide bonds. The highest BCUT2D eigenvalue weighted by molar-refractivity contribution is 5.79. The molecule has 2 aliphatic heterocycles. The summed E-state index contributed by atoms with van der Waals surface area (Å²) in [5.74, 6) is 3.62. The highest BCUT2D eigenvalue weighted by Gasteiger charge is 2.34. The Morgan fingerprint density at radius 1 is 1.06 bits per heavy atom. The molecule has 1 aromatic heterocycles. The molecule has 2 aliphatic rings. The van der Waals surface area contributed by atoms with Crippen LogP contribution in [0.15, 0.2) is 40.9 Å². The Kier molecular flexibility index (Phi) is 5.30. The lowest BCUT2D eigenvalue weighted by atomic mass is 10.1. The van der Waals surface area contributed by atoms with Crippen molar-refractivity contribution in [3.8, 4) is 34.4 Å². The van der Waals surface area contributed by atoms with Crippen molar-refractivity contribution in [2.45, 2.75) is 18.8 Å². The van der Waals surface area contributed by atoms with Gasteiger partial charge >= 0.3 is 0 Å². The van der Waals surface area contributed by atoms with E-state index in [1.54, 1.807) is 14.2 Å². The minimum atomic E-state index is -0.122. The molecule has 0 radical (unpaired) electrons. The van der Waals surface area contributed by atoms with Gasteiger partial charge in [0.1, 0.15) is 0 Å². The van der Waals surface area contributed by atoms with E-state index in [1.165, 1.54) is 0 Å². The third kappa shape index (κ3) is 3.81. The quantitative estimate of drug-likeness (QED) is 0.557. The Hall–Kier alpha value is -3.75. The molecule has 1 unspecified atom stereocenters. The number of amides is 1. The van der Waals surface area contributed by atoms with E-state index < -0.39 is 0 Å². The summed E-state index contributed by atoms with van der Waals surface area (Å²) >= 11 is 0. The van der Waals surface area contributed by atoms with Gasteiger partial charge in [0.25, 0.3) is 0 Å². The molecular weight excluding hydrogens is 414 g/mol. The average Bonchev–Trinajstić information content (AvgIpc) is 3.56. The smallest absolute Gasteiger partial charge is 0.232 e. The van der Waals surface area contributed by atoms with Gasteiger partial charge in [0.15, 0.2) is 23.0 Å². The van der Waals surface area contributed by atoms with Gasteiger partial charge in [0.2, 0.25) is 24.4 Å². The monoisotopic (exact) mass is 437 g/mol. The summed E-state index contributed by atoms with van der Waals surface area (Å²) in [6.45, 7) is 1.36. The average molecular weight is 437 g/mol. The summed E-state index contributed by atoms with van der Waals surface area (Å²) in [4.78, 5) is 18.9. The summed E-state index contributed by atoms with van der Waals surface area (Å²) < 4.78 is 26.9. The number of fused-ring (bicyclic) bond motifs is 1. The normalized spacial score (nSPS) is 17.1. The number of ether oxygens (including phenoxy) is 4. The third-order valence-corrected chi connectivity index (χ3v) is 5.75. The van der Waals surface area contributed by atoms with Gasteiger partial charge in [-0.25, -0.2) is 0 Å². The number of likely N-dealkylation sites (tertiary alicyclic amines) is 1. The topological polar surface area (TPSA) is 96.2 Å². The lowest BCUT2D eigenvalue weighted by Crippen LogP contribution is -2.27. The second-order valence-electron chi connectivity index (χ2n) is 7.70. The molecule has 0 bridgehead atoms.